The second-order valence-corrected chi connectivity index (χ2v) is 3.95. The SMILES string of the molecule is CC(C)=CCOc1ccc(F)cc1[C@H](C)O. The lowest BCUT2D eigenvalue weighted by molar-refractivity contribution is 0.192. The number of aliphatic hydroxyl groups excluding tert-OH is 1. The summed E-state index contributed by atoms with van der Waals surface area (Å²) in [6.45, 7) is 5.96. The third-order valence-corrected chi connectivity index (χ3v) is 2.15. The third kappa shape index (κ3) is 3.66. The summed E-state index contributed by atoms with van der Waals surface area (Å²) in [7, 11) is 0. The normalized spacial score (nSPS) is 12.1. The predicted molar refractivity (Wildman–Crippen MR) is 62.0 cm³/mol. The second-order valence-electron chi connectivity index (χ2n) is 3.95. The first-order valence-corrected chi connectivity index (χ1v) is 5.24. The predicted octanol–water partition coefficient (Wildman–Crippen LogP) is 3.22. The highest BCUT2D eigenvalue weighted by Gasteiger charge is 2.09. The maximum Gasteiger partial charge on any atom is 0.125 e. The Bertz CT molecular complexity index is 380. The fourth-order valence-corrected chi connectivity index (χ4v) is 1.28. The Balaban J connectivity index is 2.82. The highest BCUT2D eigenvalue weighted by molar-refractivity contribution is 5.35. The van der Waals surface area contributed by atoms with Crippen LogP contribution in [0.2, 0.25) is 0 Å². The summed E-state index contributed by atoms with van der Waals surface area (Å²) < 4.78 is 18.4. The van der Waals surface area contributed by atoms with Crippen LogP contribution in [0.4, 0.5) is 4.39 Å². The van der Waals surface area contributed by atoms with E-state index in [9.17, 15) is 9.50 Å². The van der Waals surface area contributed by atoms with Crippen LogP contribution >= 0.6 is 0 Å². The van der Waals surface area contributed by atoms with Crippen molar-refractivity contribution in [1.82, 2.24) is 0 Å². The van der Waals surface area contributed by atoms with Crippen molar-refractivity contribution in [3.63, 3.8) is 0 Å². The van der Waals surface area contributed by atoms with E-state index in [1.165, 1.54) is 18.2 Å². The molecular formula is C13H17FO2. The molecule has 88 valence electrons. The lowest BCUT2D eigenvalue weighted by Gasteiger charge is -2.12. The lowest BCUT2D eigenvalue weighted by Crippen LogP contribution is -2.01. The average Bonchev–Trinajstić information content (AvgIpc) is 2.19. The largest absolute Gasteiger partial charge is 0.489 e. The minimum atomic E-state index is -0.739. The zero-order chi connectivity index (χ0) is 12.1. The van der Waals surface area contributed by atoms with Gasteiger partial charge in [0.2, 0.25) is 0 Å². The smallest absolute Gasteiger partial charge is 0.125 e. The Kier molecular flexibility index (Phi) is 4.50. The quantitative estimate of drug-likeness (QED) is 0.796. The van der Waals surface area contributed by atoms with Gasteiger partial charge in [0, 0.05) is 5.56 Å². The number of halogens is 1. The molecule has 0 aliphatic heterocycles. The summed E-state index contributed by atoms with van der Waals surface area (Å²) in [5.41, 5.74) is 1.63. The molecule has 0 heterocycles. The molecule has 0 aliphatic carbocycles. The molecule has 1 N–H and O–H groups in total. The van der Waals surface area contributed by atoms with Crippen molar-refractivity contribution in [3.8, 4) is 5.75 Å². The van der Waals surface area contributed by atoms with Gasteiger partial charge in [-0.05, 0) is 45.0 Å². The van der Waals surface area contributed by atoms with Gasteiger partial charge in [-0.3, -0.25) is 0 Å². The number of hydrogen-bond acceptors (Lipinski definition) is 2. The molecule has 2 nitrogen and oxygen atoms in total. The highest BCUT2D eigenvalue weighted by atomic mass is 19.1. The molecule has 0 saturated heterocycles. The van der Waals surface area contributed by atoms with E-state index in [2.05, 4.69) is 0 Å². The minimum Gasteiger partial charge on any atom is -0.489 e. The monoisotopic (exact) mass is 224 g/mol. The van der Waals surface area contributed by atoms with Crippen LogP contribution in [0.25, 0.3) is 0 Å². The molecule has 0 amide bonds. The van der Waals surface area contributed by atoms with E-state index in [-0.39, 0.29) is 5.82 Å². The Morgan fingerprint density at radius 2 is 2.19 bits per heavy atom. The molecule has 0 unspecified atom stereocenters. The van der Waals surface area contributed by atoms with Crippen LogP contribution in [-0.2, 0) is 0 Å². The molecule has 0 spiro atoms. The van der Waals surface area contributed by atoms with Gasteiger partial charge < -0.3 is 9.84 Å². The van der Waals surface area contributed by atoms with E-state index >= 15 is 0 Å². The van der Waals surface area contributed by atoms with Crippen LogP contribution < -0.4 is 4.74 Å². The second kappa shape index (κ2) is 5.66. The zero-order valence-electron chi connectivity index (χ0n) is 9.83. The molecule has 3 heteroatoms. The molecule has 0 saturated carbocycles. The van der Waals surface area contributed by atoms with Gasteiger partial charge >= 0.3 is 0 Å². The molecule has 0 aliphatic rings. The van der Waals surface area contributed by atoms with Crippen molar-refractivity contribution in [2.75, 3.05) is 6.61 Å². The van der Waals surface area contributed by atoms with E-state index in [4.69, 9.17) is 4.74 Å². The molecule has 1 aromatic rings. The number of hydrogen-bond donors (Lipinski definition) is 1. The zero-order valence-corrected chi connectivity index (χ0v) is 9.83. The fourth-order valence-electron chi connectivity index (χ4n) is 1.28. The number of allylic oxidation sites excluding steroid dienone is 1. The fraction of sp³-hybridized carbons (Fsp3) is 0.385. The number of benzene rings is 1. The van der Waals surface area contributed by atoms with Crippen molar-refractivity contribution in [1.29, 1.82) is 0 Å². The standard InChI is InChI=1S/C13H17FO2/c1-9(2)6-7-16-13-5-4-11(14)8-12(13)10(3)15/h4-6,8,10,15H,7H2,1-3H3/t10-/m0/s1. The summed E-state index contributed by atoms with van der Waals surface area (Å²) >= 11 is 0. The Hall–Kier alpha value is -1.35. The van der Waals surface area contributed by atoms with Gasteiger partial charge in [-0.2, -0.15) is 0 Å². The van der Waals surface area contributed by atoms with Crippen LogP contribution in [0.1, 0.15) is 32.4 Å². The first-order valence-electron chi connectivity index (χ1n) is 5.24. The first kappa shape index (κ1) is 12.7. The van der Waals surface area contributed by atoms with Crippen LogP contribution in [-0.4, -0.2) is 11.7 Å². The third-order valence-electron chi connectivity index (χ3n) is 2.15. The van der Waals surface area contributed by atoms with Crippen LogP contribution in [0.3, 0.4) is 0 Å². The van der Waals surface area contributed by atoms with Crippen molar-refractivity contribution in [2.45, 2.75) is 26.9 Å². The van der Waals surface area contributed by atoms with Crippen LogP contribution in [0.15, 0.2) is 29.8 Å². The molecule has 0 aromatic heterocycles. The van der Waals surface area contributed by atoms with Gasteiger partial charge in [0.25, 0.3) is 0 Å². The van der Waals surface area contributed by atoms with Gasteiger partial charge in [-0.15, -0.1) is 0 Å². The molecule has 1 atom stereocenters. The first-order chi connectivity index (χ1) is 7.50. The molecule has 0 bridgehead atoms. The average molecular weight is 224 g/mol. The van der Waals surface area contributed by atoms with Crippen LogP contribution in [0.5, 0.6) is 5.75 Å². The molecule has 0 radical (unpaired) electrons. The van der Waals surface area contributed by atoms with Gasteiger partial charge in [-0.1, -0.05) is 5.57 Å². The van der Waals surface area contributed by atoms with E-state index in [1.807, 2.05) is 19.9 Å². The van der Waals surface area contributed by atoms with E-state index in [0.717, 1.165) is 5.57 Å². The molecular weight excluding hydrogens is 207 g/mol. The Morgan fingerprint density at radius 3 is 2.75 bits per heavy atom. The van der Waals surface area contributed by atoms with Crippen molar-refractivity contribution in [3.05, 3.63) is 41.2 Å². The lowest BCUT2D eigenvalue weighted by atomic mass is 10.1. The molecule has 16 heavy (non-hydrogen) atoms. The van der Waals surface area contributed by atoms with E-state index in [0.29, 0.717) is 17.9 Å². The molecule has 1 rings (SSSR count). The van der Waals surface area contributed by atoms with Crippen LogP contribution in [0, 0.1) is 5.82 Å². The van der Waals surface area contributed by atoms with Crippen molar-refractivity contribution in [2.24, 2.45) is 0 Å². The van der Waals surface area contributed by atoms with Gasteiger partial charge in [0.1, 0.15) is 18.2 Å². The van der Waals surface area contributed by atoms with E-state index < -0.39 is 6.10 Å². The maximum absolute atomic E-state index is 13.0. The summed E-state index contributed by atoms with van der Waals surface area (Å²) in [5, 5.41) is 9.48. The number of rotatable bonds is 4. The van der Waals surface area contributed by atoms with Crippen molar-refractivity contribution < 1.29 is 14.2 Å². The summed E-state index contributed by atoms with van der Waals surface area (Å²) in [5.74, 6) is 0.152. The Morgan fingerprint density at radius 1 is 1.50 bits per heavy atom. The highest BCUT2D eigenvalue weighted by Crippen LogP contribution is 2.25. The molecule has 1 aromatic carbocycles. The van der Waals surface area contributed by atoms with E-state index in [1.54, 1.807) is 6.92 Å². The van der Waals surface area contributed by atoms with Gasteiger partial charge in [0.05, 0.1) is 6.10 Å². The summed E-state index contributed by atoms with van der Waals surface area (Å²) in [6, 6.07) is 4.16. The van der Waals surface area contributed by atoms with Gasteiger partial charge in [0.15, 0.2) is 0 Å². The summed E-state index contributed by atoms with van der Waals surface area (Å²) in [6.07, 6.45) is 1.19. The van der Waals surface area contributed by atoms with Crippen molar-refractivity contribution >= 4 is 0 Å². The number of ether oxygens (including phenoxy) is 1. The Labute approximate surface area is 95.4 Å². The van der Waals surface area contributed by atoms with Gasteiger partial charge in [-0.25, -0.2) is 4.39 Å². The molecule has 0 fully saturated rings. The minimum absolute atomic E-state index is 0.370. The number of aliphatic hydroxyl groups is 1. The topological polar surface area (TPSA) is 29.5 Å². The maximum atomic E-state index is 13.0. The summed E-state index contributed by atoms with van der Waals surface area (Å²) in [4.78, 5) is 0.